The molecule has 0 bridgehead atoms. The molecule has 2 aliphatic heterocycles. The third-order valence-corrected chi connectivity index (χ3v) is 5.35. The Kier molecular flexibility index (Phi) is 3.32. The number of hydrazine groups is 1. The molecule has 2 aromatic heterocycles. The average molecular weight is 349 g/mol. The second kappa shape index (κ2) is 5.28. The van der Waals surface area contributed by atoms with E-state index in [4.69, 9.17) is 10.6 Å². The maximum absolute atomic E-state index is 12.8. The van der Waals surface area contributed by atoms with E-state index in [1.54, 1.807) is 11.8 Å². The minimum absolute atomic E-state index is 0.0901. The Balaban J connectivity index is 1.80. The van der Waals surface area contributed by atoms with Gasteiger partial charge in [-0.1, -0.05) is 0 Å². The molecule has 4 heterocycles. The van der Waals surface area contributed by atoms with Crippen LogP contribution in [0.4, 0.5) is 10.7 Å². The van der Waals surface area contributed by atoms with Crippen LogP contribution in [0.2, 0.25) is 0 Å². The summed E-state index contributed by atoms with van der Waals surface area (Å²) in [6.45, 7) is 2.88. The summed E-state index contributed by atoms with van der Waals surface area (Å²) in [6, 6.07) is 0. The zero-order valence-corrected chi connectivity index (χ0v) is 13.8. The number of amides is 2. The highest BCUT2D eigenvalue weighted by atomic mass is 32.1. The van der Waals surface area contributed by atoms with E-state index in [9.17, 15) is 14.4 Å². The summed E-state index contributed by atoms with van der Waals surface area (Å²) in [5.74, 6) is 5.47. The lowest BCUT2D eigenvalue weighted by molar-refractivity contribution is -0.118. The predicted octanol–water partition coefficient (Wildman–Crippen LogP) is 0.193. The molecule has 0 radical (unpaired) electrons. The minimum atomic E-state index is -0.361. The molecule has 0 aromatic carbocycles. The molecule has 0 saturated heterocycles. The van der Waals surface area contributed by atoms with E-state index in [0.717, 1.165) is 15.4 Å². The van der Waals surface area contributed by atoms with E-state index in [1.807, 2.05) is 0 Å². The third kappa shape index (κ3) is 2.03. The van der Waals surface area contributed by atoms with Gasteiger partial charge in [0.15, 0.2) is 0 Å². The second-order valence-electron chi connectivity index (χ2n) is 5.62. The van der Waals surface area contributed by atoms with Gasteiger partial charge in [-0.05, 0) is 18.9 Å². The van der Waals surface area contributed by atoms with Crippen molar-refractivity contribution in [1.29, 1.82) is 0 Å². The lowest BCUT2D eigenvalue weighted by Crippen LogP contribution is -2.36. The summed E-state index contributed by atoms with van der Waals surface area (Å²) in [4.78, 5) is 43.8. The Bertz CT molecular complexity index is 933. The summed E-state index contributed by atoms with van der Waals surface area (Å²) in [7, 11) is 0. The van der Waals surface area contributed by atoms with Crippen molar-refractivity contribution < 1.29 is 14.3 Å². The largest absolute Gasteiger partial charge is 0.450 e. The molecule has 2 aromatic rings. The molecule has 0 atom stereocenters. The molecule has 2 aliphatic rings. The van der Waals surface area contributed by atoms with Crippen LogP contribution in [0, 0.1) is 0 Å². The normalized spacial score (nSPS) is 16.5. The van der Waals surface area contributed by atoms with Crippen molar-refractivity contribution >= 4 is 39.5 Å². The van der Waals surface area contributed by atoms with Crippen LogP contribution in [0.3, 0.4) is 0 Å². The van der Waals surface area contributed by atoms with Crippen molar-refractivity contribution in [2.45, 2.75) is 26.4 Å². The first-order valence-electron chi connectivity index (χ1n) is 7.55. The fourth-order valence-electron chi connectivity index (χ4n) is 3.09. The molecule has 0 unspecified atom stereocenters. The van der Waals surface area contributed by atoms with Crippen LogP contribution < -0.4 is 16.4 Å². The first-order chi connectivity index (χ1) is 11.5. The van der Waals surface area contributed by atoms with Gasteiger partial charge in [0.05, 0.1) is 18.5 Å². The van der Waals surface area contributed by atoms with Gasteiger partial charge in [-0.15, -0.1) is 11.3 Å². The smallest absolute Gasteiger partial charge is 0.410 e. The van der Waals surface area contributed by atoms with Crippen molar-refractivity contribution in [3.63, 3.8) is 0 Å². The van der Waals surface area contributed by atoms with Crippen LogP contribution in [0.25, 0.3) is 10.2 Å². The Morgan fingerprint density at radius 2 is 2.17 bits per heavy atom. The molecule has 0 saturated carbocycles. The van der Waals surface area contributed by atoms with Gasteiger partial charge in [-0.25, -0.2) is 20.6 Å². The zero-order chi connectivity index (χ0) is 17.0. The van der Waals surface area contributed by atoms with E-state index in [2.05, 4.69) is 4.98 Å². The molecule has 2 N–H and O–H groups in total. The number of nitrogens with zero attached hydrogens (tertiary/aromatic N) is 4. The van der Waals surface area contributed by atoms with Crippen LogP contribution in [-0.2, 0) is 29.0 Å². The van der Waals surface area contributed by atoms with Crippen molar-refractivity contribution in [1.82, 2.24) is 14.5 Å². The monoisotopic (exact) mass is 349 g/mol. The highest BCUT2D eigenvalue weighted by Crippen LogP contribution is 2.34. The van der Waals surface area contributed by atoms with E-state index in [1.165, 1.54) is 15.9 Å². The number of nitrogens with two attached hydrogens (primary N) is 1. The molecule has 24 heavy (non-hydrogen) atoms. The van der Waals surface area contributed by atoms with Gasteiger partial charge in [0.25, 0.3) is 11.5 Å². The lowest BCUT2D eigenvalue weighted by Gasteiger charge is -2.25. The number of anilines is 1. The van der Waals surface area contributed by atoms with Crippen LogP contribution in [0.5, 0.6) is 0 Å². The molecule has 126 valence electrons. The van der Waals surface area contributed by atoms with Crippen molar-refractivity contribution in [3.8, 4) is 0 Å². The predicted molar refractivity (Wildman–Crippen MR) is 86.7 cm³/mol. The van der Waals surface area contributed by atoms with E-state index in [-0.39, 0.29) is 30.1 Å². The molecule has 10 heteroatoms. The van der Waals surface area contributed by atoms with Crippen LogP contribution in [-0.4, -0.2) is 39.6 Å². The van der Waals surface area contributed by atoms with Crippen LogP contribution in [0.1, 0.15) is 17.4 Å². The van der Waals surface area contributed by atoms with Gasteiger partial charge in [-0.2, -0.15) is 0 Å². The Morgan fingerprint density at radius 3 is 2.92 bits per heavy atom. The molecule has 0 spiro atoms. The van der Waals surface area contributed by atoms with Crippen molar-refractivity contribution in [2.75, 3.05) is 18.2 Å². The SMILES string of the molecule is CCOC(=O)N1CCc2c(sc3nc4n(c(=O)c23)CC(=O)N4N)C1. The standard InChI is InChI=1S/C14H15N5O4S/c1-2-23-14(22)17-4-3-7-8(5-17)24-11-10(7)12(21)18-6-9(20)19(15)13(18)16-11/h2-6,15H2,1H3. The number of ether oxygens (including phenoxy) is 1. The van der Waals surface area contributed by atoms with Gasteiger partial charge < -0.3 is 9.64 Å². The molecule has 9 nitrogen and oxygen atoms in total. The molecular formula is C14H15N5O4S. The number of hydrogen-bond donors (Lipinski definition) is 1. The van der Waals surface area contributed by atoms with Gasteiger partial charge in [0.1, 0.15) is 11.4 Å². The number of hydrogen-bond acceptors (Lipinski definition) is 7. The van der Waals surface area contributed by atoms with Gasteiger partial charge in [-0.3, -0.25) is 14.2 Å². The number of rotatable bonds is 1. The maximum atomic E-state index is 12.8. The Morgan fingerprint density at radius 1 is 1.38 bits per heavy atom. The number of fused-ring (bicyclic) bond motifs is 4. The van der Waals surface area contributed by atoms with Gasteiger partial charge >= 0.3 is 6.09 Å². The highest BCUT2D eigenvalue weighted by Gasteiger charge is 2.32. The average Bonchev–Trinajstić information content (AvgIpc) is 3.06. The third-order valence-electron chi connectivity index (χ3n) is 4.24. The molecular weight excluding hydrogens is 334 g/mol. The van der Waals surface area contributed by atoms with Crippen molar-refractivity contribution in [3.05, 3.63) is 20.8 Å². The van der Waals surface area contributed by atoms with Gasteiger partial charge in [0.2, 0.25) is 5.95 Å². The lowest BCUT2D eigenvalue weighted by atomic mass is 10.1. The van der Waals surface area contributed by atoms with Crippen molar-refractivity contribution in [2.24, 2.45) is 5.84 Å². The molecule has 0 aliphatic carbocycles. The van der Waals surface area contributed by atoms with E-state index in [0.29, 0.717) is 36.3 Å². The fraction of sp³-hybridized carbons (Fsp3) is 0.429. The van der Waals surface area contributed by atoms with Gasteiger partial charge in [0, 0.05) is 11.4 Å². The fourth-order valence-corrected chi connectivity index (χ4v) is 4.31. The summed E-state index contributed by atoms with van der Waals surface area (Å²) < 4.78 is 6.34. The first kappa shape index (κ1) is 15.1. The first-order valence-corrected chi connectivity index (χ1v) is 8.37. The van der Waals surface area contributed by atoms with Crippen LogP contribution >= 0.6 is 11.3 Å². The Hall–Kier alpha value is -2.46. The number of carbonyl (C=O) groups is 2. The topological polar surface area (TPSA) is 111 Å². The molecule has 0 fully saturated rings. The molecule has 4 rings (SSSR count). The Labute approximate surface area is 140 Å². The maximum Gasteiger partial charge on any atom is 0.410 e. The summed E-state index contributed by atoms with van der Waals surface area (Å²) >= 11 is 1.36. The number of aromatic nitrogens is 2. The summed E-state index contributed by atoms with van der Waals surface area (Å²) in [5, 5.41) is 1.44. The highest BCUT2D eigenvalue weighted by molar-refractivity contribution is 7.18. The van der Waals surface area contributed by atoms with Crippen LogP contribution in [0.15, 0.2) is 4.79 Å². The van der Waals surface area contributed by atoms with E-state index >= 15 is 0 Å². The van der Waals surface area contributed by atoms with E-state index < -0.39 is 0 Å². The quantitative estimate of drug-likeness (QED) is 0.581. The summed E-state index contributed by atoms with van der Waals surface area (Å²) in [5.41, 5.74) is 0.657. The summed E-state index contributed by atoms with van der Waals surface area (Å²) in [6.07, 6.45) is 0.205. The second-order valence-corrected chi connectivity index (χ2v) is 6.70. The number of thiophene rings is 1. The number of carbonyl (C=O) groups excluding carboxylic acids is 2. The minimum Gasteiger partial charge on any atom is -0.450 e. The molecule has 2 amide bonds. The zero-order valence-electron chi connectivity index (χ0n) is 12.9.